The van der Waals surface area contributed by atoms with Crippen molar-refractivity contribution in [3.05, 3.63) is 89.0 Å². The predicted molar refractivity (Wildman–Crippen MR) is 133 cm³/mol. The van der Waals surface area contributed by atoms with Crippen LogP contribution in [0.4, 0.5) is 0 Å². The monoisotopic (exact) mass is 489 g/mol. The molecule has 2 N–H and O–H groups in total. The van der Waals surface area contributed by atoms with Gasteiger partial charge in [-0.15, -0.1) is 0 Å². The van der Waals surface area contributed by atoms with Gasteiger partial charge in [0.25, 0.3) is 11.7 Å². The van der Waals surface area contributed by atoms with Gasteiger partial charge in [0.1, 0.15) is 5.76 Å². The van der Waals surface area contributed by atoms with Crippen LogP contribution < -0.4 is 14.2 Å². The van der Waals surface area contributed by atoms with Crippen LogP contribution in [0, 0.1) is 0 Å². The van der Waals surface area contributed by atoms with E-state index in [9.17, 15) is 19.8 Å². The van der Waals surface area contributed by atoms with Gasteiger partial charge in [-0.2, -0.15) is 0 Å². The van der Waals surface area contributed by atoms with Crippen LogP contribution in [0.5, 0.6) is 23.0 Å². The molecule has 1 aliphatic rings. The maximum absolute atomic E-state index is 13.2. The zero-order valence-electron chi connectivity index (χ0n) is 20.2. The Morgan fingerprint density at radius 2 is 1.56 bits per heavy atom. The normalized spacial score (nSPS) is 16.8. The highest BCUT2D eigenvalue weighted by molar-refractivity contribution is 6.46. The number of phenols is 1. The molecule has 4 rings (SSSR count). The number of ether oxygens (including phenoxy) is 3. The Balaban J connectivity index is 1.77. The van der Waals surface area contributed by atoms with Crippen LogP contribution >= 0.6 is 0 Å². The number of methoxy groups -OCH3 is 3. The van der Waals surface area contributed by atoms with Crippen LogP contribution in [-0.2, 0) is 16.0 Å². The minimum Gasteiger partial charge on any atom is -0.507 e. The molecule has 1 amide bonds. The van der Waals surface area contributed by atoms with Gasteiger partial charge in [-0.05, 0) is 41.8 Å². The molecular weight excluding hydrogens is 462 g/mol. The lowest BCUT2D eigenvalue weighted by Gasteiger charge is -2.26. The fourth-order valence-electron chi connectivity index (χ4n) is 4.36. The lowest BCUT2D eigenvalue weighted by atomic mass is 9.95. The van der Waals surface area contributed by atoms with E-state index in [0.29, 0.717) is 29.0 Å². The summed E-state index contributed by atoms with van der Waals surface area (Å²) in [4.78, 5) is 27.8. The van der Waals surface area contributed by atoms with Gasteiger partial charge in [-0.3, -0.25) is 9.59 Å². The summed E-state index contributed by atoms with van der Waals surface area (Å²) >= 11 is 0. The van der Waals surface area contributed by atoms with Crippen LogP contribution in [0.1, 0.15) is 22.7 Å². The smallest absolute Gasteiger partial charge is 0.295 e. The molecule has 8 heteroatoms. The van der Waals surface area contributed by atoms with E-state index in [0.717, 1.165) is 5.56 Å². The fourth-order valence-corrected chi connectivity index (χ4v) is 4.36. The molecule has 1 aliphatic heterocycles. The van der Waals surface area contributed by atoms with E-state index in [1.165, 1.54) is 18.1 Å². The second-order valence-corrected chi connectivity index (χ2v) is 8.23. The van der Waals surface area contributed by atoms with Gasteiger partial charge in [0.05, 0.1) is 32.9 Å². The largest absolute Gasteiger partial charge is 0.507 e. The standard InChI is InChI=1S/C28H27NO7/c1-34-21-12-9-17(15-23(21)36-3)13-14-29-25(19-10-11-20(30)22(16-19)35-2)24(27(32)28(29)33)26(31)18-7-5-4-6-8-18/h4-12,15-16,25,30-31H,13-14H2,1-3H3. The number of likely N-dealkylation sites (tertiary alicyclic amines) is 1. The van der Waals surface area contributed by atoms with Crippen molar-refractivity contribution in [2.24, 2.45) is 0 Å². The number of aliphatic hydroxyl groups is 1. The van der Waals surface area contributed by atoms with E-state index in [-0.39, 0.29) is 29.4 Å². The maximum atomic E-state index is 13.2. The van der Waals surface area contributed by atoms with Crippen molar-refractivity contribution in [1.82, 2.24) is 4.90 Å². The lowest BCUT2D eigenvalue weighted by molar-refractivity contribution is -0.139. The average molecular weight is 490 g/mol. The number of rotatable bonds is 8. The number of carbonyl (C=O) groups excluding carboxylic acids is 2. The van der Waals surface area contributed by atoms with Gasteiger partial charge >= 0.3 is 0 Å². The average Bonchev–Trinajstić information content (AvgIpc) is 3.16. The summed E-state index contributed by atoms with van der Waals surface area (Å²) in [6.45, 7) is 0.194. The van der Waals surface area contributed by atoms with Crippen LogP contribution in [0.3, 0.4) is 0 Å². The topological polar surface area (TPSA) is 106 Å². The molecule has 36 heavy (non-hydrogen) atoms. The number of nitrogens with zero attached hydrogens (tertiary/aromatic N) is 1. The lowest BCUT2D eigenvalue weighted by Crippen LogP contribution is -2.31. The Morgan fingerprint density at radius 3 is 2.22 bits per heavy atom. The summed E-state index contributed by atoms with van der Waals surface area (Å²) in [7, 11) is 4.51. The maximum Gasteiger partial charge on any atom is 0.295 e. The number of aliphatic hydroxyl groups excluding tert-OH is 1. The molecule has 0 spiro atoms. The number of hydrogen-bond donors (Lipinski definition) is 2. The minimum atomic E-state index is -0.875. The first-order valence-corrected chi connectivity index (χ1v) is 11.3. The molecule has 0 aromatic heterocycles. The van der Waals surface area contributed by atoms with E-state index < -0.39 is 17.7 Å². The molecule has 0 radical (unpaired) electrons. The Hall–Kier alpha value is -4.46. The van der Waals surface area contributed by atoms with Crippen molar-refractivity contribution in [3.8, 4) is 23.0 Å². The van der Waals surface area contributed by atoms with Gasteiger partial charge in [0.15, 0.2) is 23.0 Å². The fraction of sp³-hybridized carbons (Fsp3) is 0.214. The molecule has 1 saturated heterocycles. The van der Waals surface area contributed by atoms with Crippen LogP contribution in [-0.4, -0.2) is 54.7 Å². The number of benzene rings is 3. The van der Waals surface area contributed by atoms with E-state index in [4.69, 9.17) is 14.2 Å². The summed E-state index contributed by atoms with van der Waals surface area (Å²) in [5.41, 5.74) is 1.80. The number of phenolic OH excluding ortho intramolecular Hbond substituents is 1. The van der Waals surface area contributed by atoms with Gasteiger partial charge in [-0.1, -0.05) is 42.5 Å². The Labute approximate surface area is 209 Å². The van der Waals surface area contributed by atoms with Crippen LogP contribution in [0.15, 0.2) is 72.3 Å². The van der Waals surface area contributed by atoms with Crippen molar-refractivity contribution < 1.29 is 34.0 Å². The number of aromatic hydroxyl groups is 1. The van der Waals surface area contributed by atoms with Gasteiger partial charge < -0.3 is 29.3 Å². The van der Waals surface area contributed by atoms with Crippen molar-refractivity contribution in [1.29, 1.82) is 0 Å². The molecule has 3 aromatic rings. The van der Waals surface area contributed by atoms with Crippen molar-refractivity contribution in [2.45, 2.75) is 12.5 Å². The summed E-state index contributed by atoms with van der Waals surface area (Å²) in [6.07, 6.45) is 0.421. The van der Waals surface area contributed by atoms with Gasteiger partial charge in [0.2, 0.25) is 0 Å². The first-order chi connectivity index (χ1) is 17.4. The van der Waals surface area contributed by atoms with Gasteiger partial charge in [-0.25, -0.2) is 0 Å². The molecule has 186 valence electrons. The number of hydrogen-bond acceptors (Lipinski definition) is 7. The second-order valence-electron chi connectivity index (χ2n) is 8.23. The number of amides is 1. The van der Waals surface area contributed by atoms with Crippen LogP contribution in [0.2, 0.25) is 0 Å². The predicted octanol–water partition coefficient (Wildman–Crippen LogP) is 4.08. The van der Waals surface area contributed by atoms with E-state index in [1.807, 2.05) is 12.1 Å². The first-order valence-electron chi connectivity index (χ1n) is 11.3. The van der Waals surface area contributed by atoms with Crippen LogP contribution in [0.25, 0.3) is 5.76 Å². The molecule has 8 nitrogen and oxygen atoms in total. The molecule has 1 heterocycles. The third-order valence-corrected chi connectivity index (χ3v) is 6.20. The number of ketones is 1. The van der Waals surface area contributed by atoms with Crippen molar-refractivity contribution in [2.75, 3.05) is 27.9 Å². The summed E-state index contributed by atoms with van der Waals surface area (Å²) in [6, 6.07) is 17.8. The molecule has 0 saturated carbocycles. The van der Waals surface area contributed by atoms with Crippen molar-refractivity contribution >= 4 is 17.4 Å². The Bertz CT molecular complexity index is 1320. The molecule has 3 aromatic carbocycles. The minimum absolute atomic E-state index is 0.0220. The Morgan fingerprint density at radius 1 is 0.861 bits per heavy atom. The molecule has 1 atom stereocenters. The van der Waals surface area contributed by atoms with E-state index in [2.05, 4.69) is 0 Å². The zero-order chi connectivity index (χ0) is 25.8. The molecular formula is C28H27NO7. The quantitative estimate of drug-likeness (QED) is 0.279. The summed E-state index contributed by atoms with van der Waals surface area (Å²) < 4.78 is 15.9. The SMILES string of the molecule is COc1cc(C2C(=C(O)c3ccccc3)C(=O)C(=O)N2CCc2ccc(OC)c(OC)c2)ccc1O. The highest BCUT2D eigenvalue weighted by atomic mass is 16.5. The van der Waals surface area contributed by atoms with Crippen molar-refractivity contribution in [3.63, 3.8) is 0 Å². The second kappa shape index (κ2) is 10.4. The third-order valence-electron chi connectivity index (χ3n) is 6.20. The molecule has 0 aliphatic carbocycles. The molecule has 1 unspecified atom stereocenters. The first kappa shape index (κ1) is 24.7. The Kier molecular flexibility index (Phi) is 7.15. The zero-order valence-corrected chi connectivity index (χ0v) is 20.2. The van der Waals surface area contributed by atoms with E-state index >= 15 is 0 Å². The third kappa shape index (κ3) is 4.57. The van der Waals surface area contributed by atoms with E-state index in [1.54, 1.807) is 62.8 Å². The highest BCUT2D eigenvalue weighted by Gasteiger charge is 2.46. The molecule has 0 bridgehead atoms. The summed E-state index contributed by atoms with van der Waals surface area (Å²) in [5, 5.41) is 21.2. The molecule has 1 fully saturated rings. The number of Topliss-reactive ketones (excluding diaryl/α,β-unsaturated/α-hetero) is 1. The van der Waals surface area contributed by atoms with Gasteiger partial charge in [0, 0.05) is 12.1 Å². The summed E-state index contributed by atoms with van der Waals surface area (Å²) in [5.74, 6) is -0.503. The highest BCUT2D eigenvalue weighted by Crippen LogP contribution is 2.42. The number of carbonyl (C=O) groups is 2.